The van der Waals surface area contributed by atoms with Crippen LogP contribution < -0.4 is 20.5 Å². The molecule has 3 heterocycles. The quantitative estimate of drug-likeness (QED) is 0.289. The Balaban J connectivity index is 0.000000385. The molecule has 1 aliphatic heterocycles. The molecule has 0 saturated carbocycles. The van der Waals surface area contributed by atoms with Gasteiger partial charge in [0, 0.05) is 50.5 Å². The number of hydrogen-bond acceptors (Lipinski definition) is 9. The van der Waals surface area contributed by atoms with E-state index in [0.717, 1.165) is 61.7 Å². The Kier molecular flexibility index (Phi) is 10.2. The highest BCUT2D eigenvalue weighted by atomic mass is 16.5. The molecule has 2 aromatic heterocycles. The van der Waals surface area contributed by atoms with Crippen molar-refractivity contribution in [2.24, 2.45) is 0 Å². The molecule has 1 aliphatic rings. The van der Waals surface area contributed by atoms with Crippen LogP contribution in [-0.2, 0) is 4.79 Å². The minimum atomic E-state index is -0.301. The van der Waals surface area contributed by atoms with Crippen molar-refractivity contribution in [2.45, 2.75) is 12.8 Å². The first-order valence-corrected chi connectivity index (χ1v) is 13.8. The molecule has 0 aliphatic carbocycles. The summed E-state index contributed by atoms with van der Waals surface area (Å²) in [6.45, 7) is 7.06. The van der Waals surface area contributed by atoms with Gasteiger partial charge < -0.3 is 29.7 Å². The molecule has 0 spiro atoms. The normalized spacial score (nSPS) is 12.5. The summed E-state index contributed by atoms with van der Waals surface area (Å²) in [5, 5.41) is 3.17. The van der Waals surface area contributed by atoms with Gasteiger partial charge >= 0.3 is 0 Å². The number of carbonyl (C=O) groups excluding carboxylic acids is 1. The van der Waals surface area contributed by atoms with Crippen LogP contribution in [0.2, 0.25) is 0 Å². The Hall–Kier alpha value is -4.77. The van der Waals surface area contributed by atoms with Crippen LogP contribution in [0.4, 0.5) is 17.3 Å². The van der Waals surface area contributed by atoms with Gasteiger partial charge in [-0.05, 0) is 45.1 Å². The van der Waals surface area contributed by atoms with E-state index in [1.807, 2.05) is 74.6 Å². The van der Waals surface area contributed by atoms with Crippen molar-refractivity contribution in [1.29, 1.82) is 0 Å². The lowest BCUT2D eigenvalue weighted by atomic mass is 10.1. The molecule has 11 nitrogen and oxygen atoms in total. The molecule has 1 saturated heterocycles. The molecular formula is C31H38N8O3. The highest BCUT2D eigenvalue weighted by molar-refractivity contribution is 5.87. The van der Waals surface area contributed by atoms with Gasteiger partial charge in [0.15, 0.2) is 5.65 Å². The highest BCUT2D eigenvalue weighted by Gasteiger charge is 2.14. The first-order chi connectivity index (χ1) is 20.3. The maximum atomic E-state index is 12.6. The van der Waals surface area contributed by atoms with Crippen molar-refractivity contribution >= 4 is 34.4 Å². The van der Waals surface area contributed by atoms with E-state index in [-0.39, 0.29) is 11.5 Å². The summed E-state index contributed by atoms with van der Waals surface area (Å²) in [5.41, 5.74) is 3.42. The van der Waals surface area contributed by atoms with Gasteiger partial charge in [-0.25, -0.2) is 9.97 Å². The number of aromatic nitrogens is 4. The zero-order chi connectivity index (χ0) is 30.1. The van der Waals surface area contributed by atoms with E-state index in [1.54, 1.807) is 13.3 Å². The molecule has 0 radical (unpaired) electrons. The molecule has 5 rings (SSSR count). The van der Waals surface area contributed by atoms with Gasteiger partial charge in [-0.2, -0.15) is 4.98 Å². The second kappa shape index (κ2) is 14.2. The van der Waals surface area contributed by atoms with E-state index in [9.17, 15) is 9.59 Å². The number of methoxy groups -OCH3 is 1. The zero-order valence-corrected chi connectivity index (χ0v) is 24.6. The fraction of sp³-hybridized carbons (Fsp3) is 0.323. The minimum Gasteiger partial charge on any atom is -0.495 e. The van der Waals surface area contributed by atoms with Crippen molar-refractivity contribution < 1.29 is 9.53 Å². The predicted molar refractivity (Wildman–Crippen MR) is 168 cm³/mol. The Morgan fingerprint density at radius 3 is 2.50 bits per heavy atom. The number of nitrogens with zero attached hydrogens (tertiary/aromatic N) is 6. The Morgan fingerprint density at radius 1 is 1.10 bits per heavy atom. The first-order valence-electron chi connectivity index (χ1n) is 13.8. The number of fused-ring (bicyclic) bond motifs is 1. The second-order valence-corrected chi connectivity index (χ2v) is 10.2. The smallest absolute Gasteiger partial charge is 0.276 e. The van der Waals surface area contributed by atoms with E-state index in [1.165, 1.54) is 6.08 Å². The van der Waals surface area contributed by atoms with E-state index < -0.39 is 0 Å². The van der Waals surface area contributed by atoms with Crippen molar-refractivity contribution in [2.75, 3.05) is 64.6 Å². The maximum absolute atomic E-state index is 12.6. The number of rotatable bonds is 9. The number of anilines is 3. The first kappa shape index (κ1) is 30.2. The number of H-pyrrole nitrogens is 1. The molecule has 0 bridgehead atoms. The average molecular weight is 571 g/mol. The molecule has 42 heavy (non-hydrogen) atoms. The molecule has 0 unspecified atom stereocenters. The minimum absolute atomic E-state index is 0.0764. The van der Waals surface area contributed by atoms with Gasteiger partial charge in [-0.3, -0.25) is 9.59 Å². The number of benzene rings is 2. The summed E-state index contributed by atoms with van der Waals surface area (Å²) >= 11 is 0. The number of likely N-dealkylation sites (N-methyl/N-ethyl adjacent to an activating group) is 2. The molecule has 2 aromatic carbocycles. The van der Waals surface area contributed by atoms with Gasteiger partial charge in [0.25, 0.3) is 5.56 Å². The third-order valence-electron chi connectivity index (χ3n) is 6.82. The van der Waals surface area contributed by atoms with E-state index in [4.69, 9.17) is 4.74 Å². The topological polar surface area (TPSA) is 120 Å². The van der Waals surface area contributed by atoms with E-state index in [0.29, 0.717) is 22.8 Å². The number of amides is 1. The monoisotopic (exact) mass is 570 g/mol. The van der Waals surface area contributed by atoms with Crippen LogP contribution in [0.3, 0.4) is 0 Å². The number of carbonyl (C=O) groups is 1. The third kappa shape index (κ3) is 7.70. The maximum Gasteiger partial charge on any atom is 0.276 e. The second-order valence-electron chi connectivity index (χ2n) is 10.2. The Bertz CT molecular complexity index is 1570. The molecule has 2 N–H and O–H groups in total. The van der Waals surface area contributed by atoms with Crippen LogP contribution in [0.25, 0.3) is 22.4 Å². The largest absolute Gasteiger partial charge is 0.495 e. The SMILES string of the molecule is C=CC(=O)N1CCCC1.COc1cc(Nc2ncc3nc(-c4ccccc4)c(=O)[nH]c3n2)ccc1N(C)CCN(C)C. The number of aromatic amines is 1. The van der Waals surface area contributed by atoms with Gasteiger partial charge in [-0.1, -0.05) is 36.9 Å². The van der Waals surface area contributed by atoms with Gasteiger partial charge in [0.1, 0.15) is 17.0 Å². The third-order valence-corrected chi connectivity index (χ3v) is 6.82. The van der Waals surface area contributed by atoms with Gasteiger partial charge in [0.05, 0.1) is 19.0 Å². The Labute approximate surface area is 245 Å². The van der Waals surface area contributed by atoms with Crippen LogP contribution in [0, 0.1) is 0 Å². The molecule has 0 atom stereocenters. The van der Waals surface area contributed by atoms with Crippen molar-refractivity contribution in [1.82, 2.24) is 29.7 Å². The fourth-order valence-corrected chi connectivity index (χ4v) is 4.48. The van der Waals surface area contributed by atoms with Crippen molar-refractivity contribution in [3.05, 3.63) is 77.7 Å². The van der Waals surface area contributed by atoms with Crippen LogP contribution >= 0.6 is 0 Å². The molecule has 4 aromatic rings. The van der Waals surface area contributed by atoms with Crippen LogP contribution in [0.1, 0.15) is 12.8 Å². The molecule has 220 valence electrons. The lowest BCUT2D eigenvalue weighted by Crippen LogP contribution is -2.28. The molecular weight excluding hydrogens is 532 g/mol. The fourth-order valence-electron chi connectivity index (χ4n) is 4.48. The van der Waals surface area contributed by atoms with Crippen LogP contribution in [0.5, 0.6) is 5.75 Å². The zero-order valence-electron chi connectivity index (χ0n) is 24.6. The lowest BCUT2D eigenvalue weighted by molar-refractivity contribution is -0.124. The van der Waals surface area contributed by atoms with E-state index in [2.05, 4.69) is 41.6 Å². The van der Waals surface area contributed by atoms with E-state index >= 15 is 0 Å². The molecule has 1 fully saturated rings. The number of nitrogens with one attached hydrogen (secondary N) is 2. The summed E-state index contributed by atoms with van der Waals surface area (Å²) in [6.07, 6.45) is 5.28. The lowest BCUT2D eigenvalue weighted by Gasteiger charge is -2.24. The number of ether oxygens (including phenoxy) is 1. The van der Waals surface area contributed by atoms with Gasteiger partial charge in [-0.15, -0.1) is 0 Å². The Morgan fingerprint density at radius 2 is 1.83 bits per heavy atom. The van der Waals surface area contributed by atoms with Crippen LogP contribution in [0.15, 0.2) is 72.2 Å². The molecule has 1 amide bonds. The summed E-state index contributed by atoms with van der Waals surface area (Å²) in [7, 11) is 7.78. The summed E-state index contributed by atoms with van der Waals surface area (Å²) in [6, 6.07) is 15.1. The average Bonchev–Trinajstić information content (AvgIpc) is 3.55. The summed E-state index contributed by atoms with van der Waals surface area (Å²) in [5.74, 6) is 1.17. The number of likely N-dealkylation sites (tertiary alicyclic amines) is 1. The van der Waals surface area contributed by atoms with Crippen molar-refractivity contribution in [3.8, 4) is 17.0 Å². The summed E-state index contributed by atoms with van der Waals surface area (Å²) < 4.78 is 5.60. The standard InChI is InChI=1S/C24H27N7O2.C7H11NO/c1-30(2)12-13-31(3)19-11-10-17(14-20(19)33-4)26-24-25-15-18-22(29-24)28-23(32)21(27-18)16-8-6-5-7-9-16;1-2-7(9)8-5-3-4-6-8/h5-11,14-15H,12-13H2,1-4H3,(H2,25,26,28,29,32);2H,1,3-6H2. The van der Waals surface area contributed by atoms with Crippen LogP contribution in [-0.4, -0.2) is 90.1 Å². The molecule has 11 heteroatoms. The predicted octanol–water partition coefficient (Wildman–Crippen LogP) is 3.92. The number of hydrogen-bond donors (Lipinski definition) is 2. The van der Waals surface area contributed by atoms with Gasteiger partial charge in [0.2, 0.25) is 11.9 Å². The summed E-state index contributed by atoms with van der Waals surface area (Å²) in [4.78, 5) is 45.6. The highest BCUT2D eigenvalue weighted by Crippen LogP contribution is 2.31. The van der Waals surface area contributed by atoms with Crippen molar-refractivity contribution in [3.63, 3.8) is 0 Å².